The van der Waals surface area contributed by atoms with Crippen molar-refractivity contribution in [1.82, 2.24) is 5.32 Å². The third-order valence-corrected chi connectivity index (χ3v) is 4.02. The second-order valence-electron chi connectivity index (χ2n) is 5.83. The van der Waals surface area contributed by atoms with Crippen LogP contribution in [0.25, 0.3) is 0 Å². The average Bonchev–Trinajstić information content (AvgIpc) is 3.08. The van der Waals surface area contributed by atoms with E-state index in [1.165, 1.54) is 24.3 Å². The number of ketones is 1. The molecule has 6 heteroatoms. The van der Waals surface area contributed by atoms with E-state index in [0.717, 1.165) is 5.56 Å². The van der Waals surface area contributed by atoms with E-state index in [4.69, 9.17) is 9.47 Å². The molecule has 1 heterocycles. The number of carbonyl (C=O) groups is 2. The van der Waals surface area contributed by atoms with Gasteiger partial charge >= 0.3 is 0 Å². The van der Waals surface area contributed by atoms with Gasteiger partial charge in [-0.25, -0.2) is 4.39 Å². The number of rotatable bonds is 6. The van der Waals surface area contributed by atoms with Crippen molar-refractivity contribution in [2.45, 2.75) is 25.8 Å². The fourth-order valence-electron chi connectivity index (χ4n) is 2.59. The fraction of sp³-hybridized carbons (Fsp3) is 0.263. The minimum atomic E-state index is -0.396. The molecule has 0 fully saturated rings. The number of ether oxygens (including phenoxy) is 2. The van der Waals surface area contributed by atoms with Gasteiger partial charge in [0.2, 0.25) is 12.7 Å². The van der Waals surface area contributed by atoms with Gasteiger partial charge in [0, 0.05) is 18.4 Å². The molecule has 0 aromatic heterocycles. The molecule has 1 atom stereocenters. The second kappa shape index (κ2) is 7.34. The minimum Gasteiger partial charge on any atom is -0.454 e. The quantitative estimate of drug-likeness (QED) is 0.817. The predicted molar refractivity (Wildman–Crippen MR) is 89.1 cm³/mol. The number of benzene rings is 2. The molecule has 0 aliphatic carbocycles. The molecule has 0 spiro atoms. The van der Waals surface area contributed by atoms with Crippen molar-refractivity contribution in [3.63, 3.8) is 0 Å². The maximum Gasteiger partial charge on any atom is 0.231 e. The van der Waals surface area contributed by atoms with E-state index in [-0.39, 0.29) is 37.4 Å². The molecule has 1 N–H and O–H groups in total. The average molecular weight is 343 g/mol. The van der Waals surface area contributed by atoms with Crippen molar-refractivity contribution in [3.8, 4) is 11.5 Å². The normalized spacial score (nSPS) is 13.4. The minimum absolute atomic E-state index is 0.0745. The summed E-state index contributed by atoms with van der Waals surface area (Å²) in [6, 6.07) is 10.6. The highest BCUT2D eigenvalue weighted by Gasteiger charge is 2.17. The van der Waals surface area contributed by atoms with Crippen LogP contribution < -0.4 is 14.8 Å². The number of Topliss-reactive ketones (excluding diaryl/α,β-unsaturated/α-hetero) is 1. The SMILES string of the molecule is C[C@@H](NC(=O)CCC(=O)c1ccc(F)cc1)c1ccc2c(c1)OCO2. The zero-order chi connectivity index (χ0) is 17.8. The largest absolute Gasteiger partial charge is 0.454 e. The third kappa shape index (κ3) is 4.15. The van der Waals surface area contributed by atoms with Gasteiger partial charge in [-0.05, 0) is 48.9 Å². The summed E-state index contributed by atoms with van der Waals surface area (Å²) in [6.45, 7) is 2.06. The summed E-state index contributed by atoms with van der Waals surface area (Å²) in [6.07, 6.45) is 0.149. The highest BCUT2D eigenvalue weighted by Crippen LogP contribution is 2.34. The van der Waals surface area contributed by atoms with Crippen molar-refractivity contribution in [2.24, 2.45) is 0 Å². The summed E-state index contributed by atoms with van der Waals surface area (Å²) in [4.78, 5) is 24.1. The van der Waals surface area contributed by atoms with Crippen molar-refractivity contribution >= 4 is 11.7 Å². The van der Waals surface area contributed by atoms with Gasteiger partial charge in [0.05, 0.1) is 6.04 Å². The molecule has 2 aromatic carbocycles. The standard InChI is InChI=1S/C19H18FNO4/c1-12(14-4-8-17-18(10-14)25-11-24-17)21-19(23)9-7-16(22)13-2-5-15(20)6-3-13/h2-6,8,10,12H,7,9,11H2,1H3,(H,21,23)/t12-/m1/s1. The zero-order valence-corrected chi connectivity index (χ0v) is 13.8. The van der Waals surface area contributed by atoms with Gasteiger partial charge in [-0.15, -0.1) is 0 Å². The molecule has 25 heavy (non-hydrogen) atoms. The van der Waals surface area contributed by atoms with Crippen LogP contribution in [0.1, 0.15) is 41.7 Å². The third-order valence-electron chi connectivity index (χ3n) is 4.02. The number of amides is 1. The number of hydrogen-bond acceptors (Lipinski definition) is 4. The van der Waals surface area contributed by atoms with Gasteiger partial charge in [-0.3, -0.25) is 9.59 Å². The maximum absolute atomic E-state index is 12.9. The van der Waals surface area contributed by atoms with Gasteiger partial charge in [-0.1, -0.05) is 6.07 Å². The fourth-order valence-corrected chi connectivity index (χ4v) is 2.59. The first-order valence-electron chi connectivity index (χ1n) is 8.00. The highest BCUT2D eigenvalue weighted by molar-refractivity contribution is 5.97. The molecule has 130 valence electrons. The summed E-state index contributed by atoms with van der Waals surface area (Å²) in [5.41, 5.74) is 1.29. The molecule has 3 rings (SSSR count). The lowest BCUT2D eigenvalue weighted by molar-refractivity contribution is -0.121. The molecule has 1 aliphatic heterocycles. The van der Waals surface area contributed by atoms with Crippen LogP contribution in [0.2, 0.25) is 0 Å². The topological polar surface area (TPSA) is 64.6 Å². The molecular formula is C19H18FNO4. The van der Waals surface area contributed by atoms with Crippen molar-refractivity contribution < 1.29 is 23.5 Å². The van der Waals surface area contributed by atoms with Crippen molar-refractivity contribution in [3.05, 3.63) is 59.4 Å². The second-order valence-corrected chi connectivity index (χ2v) is 5.83. The molecule has 0 bridgehead atoms. The van der Waals surface area contributed by atoms with Crippen LogP contribution in [0.4, 0.5) is 4.39 Å². The Hall–Kier alpha value is -2.89. The van der Waals surface area contributed by atoms with E-state index in [1.807, 2.05) is 19.1 Å². The number of fused-ring (bicyclic) bond motifs is 1. The predicted octanol–water partition coefficient (Wildman–Crippen LogP) is 3.39. The van der Waals surface area contributed by atoms with E-state index in [1.54, 1.807) is 6.07 Å². The molecule has 1 amide bonds. The van der Waals surface area contributed by atoms with Gasteiger partial charge < -0.3 is 14.8 Å². The monoisotopic (exact) mass is 343 g/mol. The number of carbonyl (C=O) groups excluding carboxylic acids is 2. The number of hydrogen-bond donors (Lipinski definition) is 1. The van der Waals surface area contributed by atoms with Gasteiger partial charge in [0.1, 0.15) is 5.82 Å². The molecule has 0 unspecified atom stereocenters. The lowest BCUT2D eigenvalue weighted by Crippen LogP contribution is -2.26. The maximum atomic E-state index is 12.9. The van der Waals surface area contributed by atoms with Crippen LogP contribution in [-0.2, 0) is 4.79 Å². The summed E-state index contributed by atoms with van der Waals surface area (Å²) in [5.74, 6) is 0.538. The van der Waals surface area contributed by atoms with Crippen LogP contribution in [-0.4, -0.2) is 18.5 Å². The molecule has 0 radical (unpaired) electrons. The van der Waals surface area contributed by atoms with Crippen LogP contribution in [0, 0.1) is 5.82 Å². The summed E-state index contributed by atoms with van der Waals surface area (Å²) >= 11 is 0. The van der Waals surface area contributed by atoms with Gasteiger partial charge in [-0.2, -0.15) is 0 Å². The number of halogens is 1. The van der Waals surface area contributed by atoms with Crippen LogP contribution >= 0.6 is 0 Å². The first-order valence-corrected chi connectivity index (χ1v) is 8.00. The molecule has 0 saturated heterocycles. The Labute approximate surface area is 144 Å². The van der Waals surface area contributed by atoms with E-state index in [0.29, 0.717) is 17.1 Å². The Morgan fingerprint density at radius 3 is 2.56 bits per heavy atom. The van der Waals surface area contributed by atoms with Crippen LogP contribution in [0.15, 0.2) is 42.5 Å². The molecule has 0 saturated carbocycles. The lowest BCUT2D eigenvalue weighted by Gasteiger charge is -2.14. The Morgan fingerprint density at radius 1 is 1.08 bits per heavy atom. The van der Waals surface area contributed by atoms with E-state index in [2.05, 4.69) is 5.32 Å². The Morgan fingerprint density at radius 2 is 1.80 bits per heavy atom. The van der Waals surface area contributed by atoms with Crippen LogP contribution in [0.3, 0.4) is 0 Å². The Kier molecular flexibility index (Phi) is 4.97. The molecular weight excluding hydrogens is 325 g/mol. The van der Waals surface area contributed by atoms with E-state index >= 15 is 0 Å². The molecule has 1 aliphatic rings. The first kappa shape index (κ1) is 17.0. The van der Waals surface area contributed by atoms with E-state index < -0.39 is 5.82 Å². The Balaban J connectivity index is 1.52. The summed E-state index contributed by atoms with van der Waals surface area (Å²) < 4.78 is 23.4. The first-order chi connectivity index (χ1) is 12.0. The Bertz CT molecular complexity index is 789. The highest BCUT2D eigenvalue weighted by atomic mass is 19.1. The van der Waals surface area contributed by atoms with Crippen LogP contribution in [0.5, 0.6) is 11.5 Å². The zero-order valence-electron chi connectivity index (χ0n) is 13.8. The summed E-state index contributed by atoms with van der Waals surface area (Å²) in [5, 5.41) is 2.86. The van der Waals surface area contributed by atoms with E-state index in [9.17, 15) is 14.0 Å². The van der Waals surface area contributed by atoms with Crippen molar-refractivity contribution in [1.29, 1.82) is 0 Å². The molecule has 5 nitrogen and oxygen atoms in total. The lowest BCUT2D eigenvalue weighted by atomic mass is 10.1. The van der Waals surface area contributed by atoms with Gasteiger partial charge in [0.15, 0.2) is 17.3 Å². The van der Waals surface area contributed by atoms with Gasteiger partial charge in [0.25, 0.3) is 0 Å². The smallest absolute Gasteiger partial charge is 0.231 e. The summed E-state index contributed by atoms with van der Waals surface area (Å²) in [7, 11) is 0. The van der Waals surface area contributed by atoms with Crippen molar-refractivity contribution in [2.75, 3.05) is 6.79 Å². The number of nitrogens with one attached hydrogen (secondary N) is 1. The molecule has 2 aromatic rings.